The third-order valence-corrected chi connectivity index (χ3v) is 8.18. The number of alkyl carbamates (subject to hydrolysis) is 1. The molecule has 0 aliphatic rings. The van der Waals surface area contributed by atoms with E-state index in [1.165, 1.54) is 89.9 Å². The van der Waals surface area contributed by atoms with Crippen molar-refractivity contribution in [3.63, 3.8) is 0 Å². The monoisotopic (exact) mass is 593 g/mol. The lowest BCUT2D eigenvalue weighted by Crippen LogP contribution is -2.29. The van der Waals surface area contributed by atoms with Gasteiger partial charge in [-0.1, -0.05) is 140 Å². The number of carbonyl (C=O) groups excluding carboxylic acids is 2. The van der Waals surface area contributed by atoms with Gasteiger partial charge in [0.25, 0.3) is 0 Å². The molecule has 0 unspecified atom stereocenters. The van der Waals surface area contributed by atoms with E-state index in [4.69, 9.17) is 4.74 Å². The molecule has 2 aromatic rings. The van der Waals surface area contributed by atoms with Crippen molar-refractivity contribution >= 4 is 23.9 Å². The van der Waals surface area contributed by atoms with Gasteiger partial charge in [-0.3, -0.25) is 4.79 Å². The van der Waals surface area contributed by atoms with E-state index in [0.717, 1.165) is 49.2 Å². The number of unbranched alkanes of at least 4 members (excludes halogenated alkanes) is 15. The van der Waals surface area contributed by atoms with Crippen molar-refractivity contribution in [3.8, 4) is 0 Å². The molecule has 0 saturated heterocycles. The van der Waals surface area contributed by atoms with E-state index < -0.39 is 6.09 Å². The predicted molar refractivity (Wildman–Crippen MR) is 182 cm³/mol. The highest BCUT2D eigenvalue weighted by molar-refractivity contribution is 5.77. The first kappa shape index (κ1) is 36.2. The lowest BCUT2D eigenvalue weighted by atomic mass is 10.0. The molecule has 2 rings (SSSR count). The summed E-state index contributed by atoms with van der Waals surface area (Å²) in [6.45, 7) is 4.47. The first-order chi connectivity index (χ1) is 21.2. The van der Waals surface area contributed by atoms with Gasteiger partial charge in [-0.25, -0.2) is 4.79 Å². The van der Waals surface area contributed by atoms with Crippen molar-refractivity contribution in [2.24, 2.45) is 0 Å². The van der Waals surface area contributed by atoms with E-state index in [0.29, 0.717) is 13.1 Å². The van der Waals surface area contributed by atoms with Gasteiger partial charge in [-0.2, -0.15) is 0 Å². The smallest absolute Gasteiger partial charge is 0.407 e. The topological polar surface area (TPSA) is 61.9 Å². The second-order valence-corrected chi connectivity index (χ2v) is 11.8. The molecule has 0 aromatic heterocycles. The van der Waals surface area contributed by atoms with Crippen LogP contribution >= 0.6 is 0 Å². The molecule has 1 N–H and O–H groups in total. The Bertz CT molecular complexity index is 969. The van der Waals surface area contributed by atoms with Crippen LogP contribution in [0.5, 0.6) is 0 Å². The highest BCUT2D eigenvalue weighted by Gasteiger charge is 2.12. The lowest BCUT2D eigenvalue weighted by molar-refractivity contribution is -0.107. The second kappa shape index (κ2) is 24.4. The maximum Gasteiger partial charge on any atom is 0.407 e. The molecule has 0 fully saturated rings. The molecular weight excluding hydrogens is 534 g/mol. The number of para-hydroxylation sites is 2. The fraction of sp³-hybridized carbons (Fsp3) is 0.622. The number of carbonyl (C=O) groups is 2. The second-order valence-electron chi connectivity index (χ2n) is 11.8. The number of anilines is 2. The third-order valence-electron chi connectivity index (χ3n) is 8.18. The zero-order valence-corrected chi connectivity index (χ0v) is 27.2. The minimum atomic E-state index is -0.437. The summed E-state index contributed by atoms with van der Waals surface area (Å²) in [5.41, 5.74) is 2.81. The number of benzene rings is 2. The van der Waals surface area contributed by atoms with Gasteiger partial charge in [-0.05, 0) is 31.0 Å². The van der Waals surface area contributed by atoms with Gasteiger partial charge in [0, 0.05) is 43.6 Å². The predicted octanol–water partition coefficient (Wildman–Crippen LogP) is 9.66. The molecule has 0 saturated carbocycles. The maximum atomic E-state index is 12.3. The highest BCUT2D eigenvalue weighted by atomic mass is 16.5. The normalized spacial score (nSPS) is 10.8. The van der Waals surface area contributed by atoms with Crippen LogP contribution in [0.4, 0.5) is 16.2 Å². The van der Waals surface area contributed by atoms with Crippen LogP contribution in [0.3, 0.4) is 0 Å². The number of hydrogen-bond donors (Lipinski definition) is 1. The molecule has 240 valence electrons. The maximum absolute atomic E-state index is 12.3. The lowest BCUT2D eigenvalue weighted by Gasteiger charge is -2.21. The number of nitrogens with one attached hydrogen (secondary N) is 1. The van der Waals surface area contributed by atoms with Gasteiger partial charge >= 0.3 is 6.09 Å². The van der Waals surface area contributed by atoms with E-state index in [1.807, 2.05) is 49.5 Å². The van der Waals surface area contributed by atoms with Crippen LogP contribution in [0, 0.1) is 0 Å². The molecule has 43 heavy (non-hydrogen) atoms. The van der Waals surface area contributed by atoms with E-state index >= 15 is 0 Å². The van der Waals surface area contributed by atoms with Crippen molar-refractivity contribution in [1.82, 2.24) is 5.32 Å². The third kappa shape index (κ3) is 17.0. The molecule has 2 amide bonds. The van der Waals surface area contributed by atoms with Crippen LogP contribution in [0.2, 0.25) is 0 Å². The molecule has 0 heterocycles. The van der Waals surface area contributed by atoms with Crippen LogP contribution in [0.1, 0.15) is 122 Å². The summed E-state index contributed by atoms with van der Waals surface area (Å²) < 4.78 is 5.48. The van der Waals surface area contributed by atoms with Gasteiger partial charge in [0.05, 0.1) is 0 Å². The zero-order valence-electron chi connectivity index (χ0n) is 27.2. The highest BCUT2D eigenvalue weighted by Crippen LogP contribution is 2.21. The largest absolute Gasteiger partial charge is 0.445 e. The van der Waals surface area contributed by atoms with E-state index in [-0.39, 0.29) is 6.61 Å². The van der Waals surface area contributed by atoms with E-state index in [9.17, 15) is 9.59 Å². The Balaban J connectivity index is 1.54. The molecule has 0 radical (unpaired) electrons. The van der Waals surface area contributed by atoms with Crippen LogP contribution in [-0.4, -0.2) is 39.2 Å². The summed E-state index contributed by atoms with van der Waals surface area (Å²) in [5.74, 6) is 0. The molecule has 0 spiro atoms. The Morgan fingerprint density at radius 1 is 0.698 bits per heavy atom. The van der Waals surface area contributed by atoms with Gasteiger partial charge in [-0.15, -0.1) is 0 Å². The Hall–Kier alpha value is -3.02. The van der Waals surface area contributed by atoms with Gasteiger partial charge in [0.15, 0.2) is 0 Å². The number of nitrogens with zero attached hydrogens (tertiary/aromatic N) is 2. The molecule has 2 aromatic carbocycles. The number of amides is 2. The van der Waals surface area contributed by atoms with Crippen LogP contribution in [0.25, 0.3) is 0 Å². The number of rotatable bonds is 26. The van der Waals surface area contributed by atoms with Gasteiger partial charge in [0.1, 0.15) is 6.61 Å². The van der Waals surface area contributed by atoms with Gasteiger partial charge in [0.2, 0.25) is 6.41 Å². The van der Waals surface area contributed by atoms with Crippen molar-refractivity contribution in [2.75, 3.05) is 36.5 Å². The standard InChI is InChI=1S/C37H59N3O3/c1-3-4-5-6-7-8-9-10-11-12-13-14-15-16-17-23-31-40(33-41)36-28-22-21-25-34(36)32-43-37(42)38-29-24-30-39(2)35-26-19-18-20-27-35/h18-22,25-28,33H,3-17,23-24,29-32H2,1-2H3,(H,38,42). The number of ether oxygens (including phenoxy) is 1. The molecular formula is C37H59N3O3. The molecule has 6 heteroatoms. The molecule has 0 bridgehead atoms. The Labute approximate surface area is 262 Å². The number of hydrogen-bond acceptors (Lipinski definition) is 4. The summed E-state index contributed by atoms with van der Waals surface area (Å²) in [6.07, 6.45) is 22.5. The molecule has 0 atom stereocenters. The average molecular weight is 594 g/mol. The van der Waals surface area contributed by atoms with Gasteiger partial charge < -0.3 is 19.9 Å². The quantitative estimate of drug-likeness (QED) is 0.0871. The summed E-state index contributed by atoms with van der Waals surface area (Å²) >= 11 is 0. The van der Waals surface area contributed by atoms with E-state index in [2.05, 4.69) is 29.3 Å². The molecule has 0 aliphatic carbocycles. The summed E-state index contributed by atoms with van der Waals surface area (Å²) in [5, 5.41) is 2.84. The summed E-state index contributed by atoms with van der Waals surface area (Å²) in [4.78, 5) is 28.1. The average Bonchev–Trinajstić information content (AvgIpc) is 3.04. The molecule has 6 nitrogen and oxygen atoms in total. The van der Waals surface area contributed by atoms with Crippen LogP contribution < -0.4 is 15.1 Å². The fourth-order valence-corrected chi connectivity index (χ4v) is 5.49. The zero-order chi connectivity index (χ0) is 30.8. The Morgan fingerprint density at radius 3 is 1.81 bits per heavy atom. The van der Waals surface area contributed by atoms with Crippen LogP contribution in [-0.2, 0) is 16.1 Å². The van der Waals surface area contributed by atoms with Crippen molar-refractivity contribution < 1.29 is 14.3 Å². The first-order valence-corrected chi connectivity index (χ1v) is 17.1. The van der Waals surface area contributed by atoms with Crippen molar-refractivity contribution in [2.45, 2.75) is 123 Å². The van der Waals surface area contributed by atoms with Crippen LogP contribution in [0.15, 0.2) is 54.6 Å². The molecule has 0 aliphatic heterocycles. The van der Waals surface area contributed by atoms with Crippen molar-refractivity contribution in [3.05, 3.63) is 60.2 Å². The first-order valence-electron chi connectivity index (χ1n) is 17.1. The minimum Gasteiger partial charge on any atom is -0.445 e. The van der Waals surface area contributed by atoms with Crippen molar-refractivity contribution in [1.29, 1.82) is 0 Å². The summed E-state index contributed by atoms with van der Waals surface area (Å²) in [6, 6.07) is 17.9. The SMILES string of the molecule is CCCCCCCCCCCCCCCCCCN(C=O)c1ccccc1COC(=O)NCCCN(C)c1ccccc1. The Kier molecular flexibility index (Phi) is 20.5. The fourth-order valence-electron chi connectivity index (χ4n) is 5.49. The van der Waals surface area contributed by atoms with E-state index in [1.54, 1.807) is 4.90 Å². The Morgan fingerprint density at radius 2 is 1.23 bits per heavy atom. The minimum absolute atomic E-state index is 0.134. The summed E-state index contributed by atoms with van der Waals surface area (Å²) in [7, 11) is 2.04.